The van der Waals surface area contributed by atoms with Gasteiger partial charge in [-0.05, 0) is 34.6 Å². The molecule has 0 fully saturated rings. The first kappa shape index (κ1) is 9.66. The lowest BCUT2D eigenvalue weighted by atomic mass is 9.87. The summed E-state index contributed by atoms with van der Waals surface area (Å²) in [6.07, 6.45) is 0. The van der Waals surface area contributed by atoms with Gasteiger partial charge in [0.25, 0.3) is 0 Å². The minimum absolute atomic E-state index is 0.0129. The van der Waals surface area contributed by atoms with Gasteiger partial charge in [-0.2, -0.15) is 0 Å². The minimum atomic E-state index is -0.103. The number of thiophene rings is 1. The van der Waals surface area contributed by atoms with Crippen molar-refractivity contribution in [1.82, 2.24) is 0 Å². The summed E-state index contributed by atoms with van der Waals surface area (Å²) in [5.41, 5.74) is 1.07. The highest BCUT2D eigenvalue weighted by atomic mass is 32.1. The fourth-order valence-corrected chi connectivity index (χ4v) is 2.30. The van der Waals surface area contributed by atoms with Crippen molar-refractivity contribution in [3.8, 4) is 0 Å². The van der Waals surface area contributed by atoms with Gasteiger partial charge in [0.2, 0.25) is 0 Å². The Balaban J connectivity index is 2.70. The summed E-state index contributed by atoms with van der Waals surface area (Å²) in [4.78, 5) is 0. The maximum Gasteiger partial charge on any atom is 0.132 e. The summed E-state index contributed by atoms with van der Waals surface area (Å²) in [6, 6.07) is 5.57. The van der Waals surface area contributed by atoms with Crippen molar-refractivity contribution in [2.45, 2.75) is 26.2 Å². The molecular weight excluding hydrogens is 195 g/mol. The number of hydrogen-bond donors (Lipinski definition) is 0. The van der Waals surface area contributed by atoms with E-state index in [9.17, 15) is 4.39 Å². The van der Waals surface area contributed by atoms with Crippen molar-refractivity contribution >= 4 is 21.4 Å². The molecule has 0 nitrogen and oxygen atoms in total. The largest absolute Gasteiger partial charge is 0.206 e. The van der Waals surface area contributed by atoms with Gasteiger partial charge >= 0.3 is 0 Å². The average Bonchev–Trinajstić information content (AvgIpc) is 2.50. The minimum Gasteiger partial charge on any atom is -0.206 e. The van der Waals surface area contributed by atoms with E-state index >= 15 is 0 Å². The topological polar surface area (TPSA) is 0 Å². The number of fused-ring (bicyclic) bond motifs is 1. The summed E-state index contributed by atoms with van der Waals surface area (Å²) in [5.74, 6) is -0.103. The Kier molecular flexibility index (Phi) is 2.11. The Morgan fingerprint density at radius 1 is 1.21 bits per heavy atom. The second-order valence-corrected chi connectivity index (χ2v) is 5.49. The van der Waals surface area contributed by atoms with Gasteiger partial charge in [0.05, 0.1) is 0 Å². The van der Waals surface area contributed by atoms with Gasteiger partial charge in [-0.3, -0.25) is 0 Å². The SMILES string of the molecule is CC(C)(C)c1cc(F)c2ccsc2c1. The van der Waals surface area contributed by atoms with E-state index in [1.807, 2.05) is 11.4 Å². The van der Waals surface area contributed by atoms with Gasteiger partial charge in [0, 0.05) is 10.1 Å². The Labute approximate surface area is 87.4 Å². The van der Waals surface area contributed by atoms with Crippen molar-refractivity contribution in [3.05, 3.63) is 35.0 Å². The molecule has 1 aromatic heterocycles. The number of halogens is 1. The summed E-state index contributed by atoms with van der Waals surface area (Å²) in [6.45, 7) is 6.30. The van der Waals surface area contributed by atoms with E-state index in [2.05, 4.69) is 26.8 Å². The molecule has 1 heterocycles. The summed E-state index contributed by atoms with van der Waals surface area (Å²) < 4.78 is 14.7. The predicted octanol–water partition coefficient (Wildman–Crippen LogP) is 4.34. The molecule has 0 unspecified atom stereocenters. The Hall–Kier alpha value is -0.890. The number of benzene rings is 1. The maximum atomic E-state index is 13.6. The molecule has 0 bridgehead atoms. The molecule has 1 aromatic carbocycles. The zero-order valence-corrected chi connectivity index (χ0v) is 9.41. The van der Waals surface area contributed by atoms with Crippen molar-refractivity contribution in [1.29, 1.82) is 0 Å². The zero-order chi connectivity index (χ0) is 10.3. The van der Waals surface area contributed by atoms with Crippen LogP contribution in [0.15, 0.2) is 23.6 Å². The molecule has 0 saturated carbocycles. The smallest absolute Gasteiger partial charge is 0.132 e. The molecule has 0 spiro atoms. The van der Waals surface area contributed by atoms with Crippen LogP contribution >= 0.6 is 11.3 Å². The molecule has 2 heteroatoms. The highest BCUT2D eigenvalue weighted by molar-refractivity contribution is 7.17. The molecule has 0 amide bonds. The predicted molar refractivity (Wildman–Crippen MR) is 60.5 cm³/mol. The van der Waals surface area contributed by atoms with Crippen molar-refractivity contribution in [2.24, 2.45) is 0 Å². The van der Waals surface area contributed by atoms with Crippen molar-refractivity contribution < 1.29 is 4.39 Å². The van der Waals surface area contributed by atoms with E-state index in [0.29, 0.717) is 0 Å². The molecule has 0 aliphatic rings. The highest BCUT2D eigenvalue weighted by Gasteiger charge is 2.16. The molecule has 0 saturated heterocycles. The molecule has 74 valence electrons. The third-order valence-electron chi connectivity index (χ3n) is 2.39. The first-order chi connectivity index (χ1) is 6.48. The van der Waals surface area contributed by atoms with E-state index in [4.69, 9.17) is 0 Å². The van der Waals surface area contributed by atoms with Gasteiger partial charge in [0.15, 0.2) is 0 Å². The third kappa shape index (κ3) is 1.55. The Morgan fingerprint density at radius 3 is 2.57 bits per heavy atom. The molecule has 0 aliphatic heterocycles. The molecule has 0 atom stereocenters. The van der Waals surface area contributed by atoms with Gasteiger partial charge < -0.3 is 0 Å². The third-order valence-corrected chi connectivity index (χ3v) is 3.25. The normalized spacial score (nSPS) is 12.3. The zero-order valence-electron chi connectivity index (χ0n) is 8.60. The molecule has 14 heavy (non-hydrogen) atoms. The molecule has 2 rings (SSSR count). The standard InChI is InChI=1S/C12H13FS/c1-12(2,3)8-6-10(13)9-4-5-14-11(9)7-8/h4-7H,1-3H3. The summed E-state index contributed by atoms with van der Waals surface area (Å²) >= 11 is 1.59. The Bertz CT molecular complexity index is 463. The summed E-state index contributed by atoms with van der Waals surface area (Å²) in [5, 5.41) is 2.67. The van der Waals surface area contributed by atoms with Crippen LogP contribution in [0.1, 0.15) is 26.3 Å². The quantitative estimate of drug-likeness (QED) is 0.604. The maximum absolute atomic E-state index is 13.6. The van der Waals surface area contributed by atoms with Crippen LogP contribution in [0.2, 0.25) is 0 Å². The monoisotopic (exact) mass is 208 g/mol. The van der Waals surface area contributed by atoms with Gasteiger partial charge in [-0.25, -0.2) is 4.39 Å². The Morgan fingerprint density at radius 2 is 1.93 bits per heavy atom. The lowest BCUT2D eigenvalue weighted by Gasteiger charge is -2.19. The van der Waals surface area contributed by atoms with Gasteiger partial charge in [0.1, 0.15) is 5.82 Å². The van der Waals surface area contributed by atoms with E-state index in [-0.39, 0.29) is 11.2 Å². The molecule has 2 aromatic rings. The van der Waals surface area contributed by atoms with E-state index in [0.717, 1.165) is 15.6 Å². The van der Waals surface area contributed by atoms with Gasteiger partial charge in [-0.1, -0.05) is 20.8 Å². The van der Waals surface area contributed by atoms with Gasteiger partial charge in [-0.15, -0.1) is 11.3 Å². The lowest BCUT2D eigenvalue weighted by molar-refractivity contribution is 0.577. The van der Waals surface area contributed by atoms with E-state index in [1.165, 1.54) is 0 Å². The van der Waals surface area contributed by atoms with Crippen LogP contribution in [0.25, 0.3) is 10.1 Å². The second kappa shape index (κ2) is 3.06. The first-order valence-electron chi connectivity index (χ1n) is 4.66. The second-order valence-electron chi connectivity index (χ2n) is 4.54. The van der Waals surface area contributed by atoms with Crippen LogP contribution in [-0.2, 0) is 5.41 Å². The fourth-order valence-electron chi connectivity index (χ4n) is 1.46. The van der Waals surface area contributed by atoms with Crippen LogP contribution in [-0.4, -0.2) is 0 Å². The number of rotatable bonds is 0. The van der Waals surface area contributed by atoms with Crippen LogP contribution < -0.4 is 0 Å². The summed E-state index contributed by atoms with van der Waals surface area (Å²) in [7, 11) is 0. The van der Waals surface area contributed by atoms with Crippen LogP contribution in [0.4, 0.5) is 4.39 Å². The van der Waals surface area contributed by atoms with E-state index in [1.54, 1.807) is 17.4 Å². The molecule has 0 N–H and O–H groups in total. The fraction of sp³-hybridized carbons (Fsp3) is 0.333. The van der Waals surface area contributed by atoms with Crippen LogP contribution in [0.3, 0.4) is 0 Å². The average molecular weight is 208 g/mol. The van der Waals surface area contributed by atoms with Crippen LogP contribution in [0, 0.1) is 5.82 Å². The van der Waals surface area contributed by atoms with Crippen molar-refractivity contribution in [3.63, 3.8) is 0 Å². The lowest BCUT2D eigenvalue weighted by Crippen LogP contribution is -2.11. The molecular formula is C12H13FS. The van der Waals surface area contributed by atoms with E-state index < -0.39 is 0 Å². The first-order valence-corrected chi connectivity index (χ1v) is 5.54. The highest BCUT2D eigenvalue weighted by Crippen LogP contribution is 2.30. The molecule has 0 radical (unpaired) electrons. The number of hydrogen-bond acceptors (Lipinski definition) is 1. The molecule has 0 aliphatic carbocycles. The van der Waals surface area contributed by atoms with Crippen molar-refractivity contribution in [2.75, 3.05) is 0 Å². The van der Waals surface area contributed by atoms with Crippen LogP contribution in [0.5, 0.6) is 0 Å².